The summed E-state index contributed by atoms with van der Waals surface area (Å²) < 4.78 is 1.72. The van der Waals surface area contributed by atoms with Gasteiger partial charge in [-0.3, -0.25) is 4.79 Å². The van der Waals surface area contributed by atoms with Crippen molar-refractivity contribution in [3.05, 3.63) is 40.7 Å². The monoisotopic (exact) mass is 304 g/mol. The van der Waals surface area contributed by atoms with E-state index in [0.29, 0.717) is 5.02 Å². The van der Waals surface area contributed by atoms with Gasteiger partial charge in [-0.05, 0) is 32.0 Å². The Balaban J connectivity index is 1.93. The summed E-state index contributed by atoms with van der Waals surface area (Å²) in [5, 5.41) is 11.1. The highest BCUT2D eigenvalue weighted by Crippen LogP contribution is 2.32. The SMILES string of the molecule is CCCNC1C(=O)Nc2cc(-n3cc(Cl)c(C)n3)ccc21. The van der Waals surface area contributed by atoms with Gasteiger partial charge in [-0.2, -0.15) is 5.10 Å². The van der Waals surface area contributed by atoms with Crippen LogP contribution in [0.4, 0.5) is 5.69 Å². The summed E-state index contributed by atoms with van der Waals surface area (Å²) in [4.78, 5) is 12.0. The van der Waals surface area contributed by atoms with Gasteiger partial charge in [-0.25, -0.2) is 4.68 Å². The molecule has 0 saturated carbocycles. The Morgan fingerprint density at radius 3 is 2.95 bits per heavy atom. The van der Waals surface area contributed by atoms with E-state index < -0.39 is 0 Å². The molecule has 1 aliphatic rings. The van der Waals surface area contributed by atoms with Crippen LogP contribution in [0.2, 0.25) is 5.02 Å². The maximum absolute atomic E-state index is 12.0. The molecule has 110 valence electrons. The average molecular weight is 305 g/mol. The van der Waals surface area contributed by atoms with E-state index in [-0.39, 0.29) is 11.9 Å². The van der Waals surface area contributed by atoms with E-state index >= 15 is 0 Å². The second-order valence-corrected chi connectivity index (χ2v) is 5.56. The minimum absolute atomic E-state index is 0.00900. The molecule has 0 spiro atoms. The Morgan fingerprint density at radius 2 is 2.29 bits per heavy atom. The van der Waals surface area contributed by atoms with Crippen LogP contribution in [-0.4, -0.2) is 22.2 Å². The predicted octanol–water partition coefficient (Wildman–Crippen LogP) is 2.83. The lowest BCUT2D eigenvalue weighted by Gasteiger charge is -2.10. The molecule has 1 aliphatic heterocycles. The molecule has 2 aromatic rings. The number of nitrogens with zero attached hydrogens (tertiary/aromatic N) is 2. The number of anilines is 1. The first-order valence-electron chi connectivity index (χ1n) is 7.00. The van der Waals surface area contributed by atoms with E-state index in [0.717, 1.165) is 35.6 Å². The number of carbonyl (C=O) groups is 1. The largest absolute Gasteiger partial charge is 0.324 e. The van der Waals surface area contributed by atoms with Crippen LogP contribution >= 0.6 is 11.6 Å². The number of aromatic nitrogens is 2. The first kappa shape index (κ1) is 14.1. The third-order valence-electron chi connectivity index (χ3n) is 3.57. The number of amides is 1. The normalized spacial score (nSPS) is 16.9. The van der Waals surface area contributed by atoms with Gasteiger partial charge in [0.25, 0.3) is 0 Å². The van der Waals surface area contributed by atoms with Gasteiger partial charge < -0.3 is 10.6 Å². The van der Waals surface area contributed by atoms with E-state index in [2.05, 4.69) is 22.7 Å². The van der Waals surface area contributed by atoms with Crippen LogP contribution < -0.4 is 10.6 Å². The van der Waals surface area contributed by atoms with Crippen LogP contribution in [0.3, 0.4) is 0 Å². The Labute approximate surface area is 128 Å². The molecule has 1 aromatic heterocycles. The molecule has 1 atom stereocenters. The lowest BCUT2D eigenvalue weighted by Crippen LogP contribution is -2.27. The lowest BCUT2D eigenvalue weighted by molar-refractivity contribution is -0.117. The number of nitrogens with one attached hydrogen (secondary N) is 2. The molecule has 0 radical (unpaired) electrons. The van der Waals surface area contributed by atoms with Crippen LogP contribution in [0.1, 0.15) is 30.6 Å². The topological polar surface area (TPSA) is 59.0 Å². The summed E-state index contributed by atoms with van der Waals surface area (Å²) in [6, 6.07) is 5.56. The first-order chi connectivity index (χ1) is 10.1. The van der Waals surface area contributed by atoms with Gasteiger partial charge in [0.2, 0.25) is 5.91 Å². The number of fused-ring (bicyclic) bond motifs is 1. The number of aryl methyl sites for hydroxylation is 1. The molecule has 2 heterocycles. The molecule has 1 aromatic carbocycles. The smallest absolute Gasteiger partial charge is 0.246 e. The van der Waals surface area contributed by atoms with Gasteiger partial charge in [0.05, 0.1) is 16.4 Å². The van der Waals surface area contributed by atoms with Crippen molar-refractivity contribution in [3.8, 4) is 5.69 Å². The average Bonchev–Trinajstić information content (AvgIpc) is 2.96. The zero-order valence-corrected chi connectivity index (χ0v) is 12.7. The fraction of sp³-hybridized carbons (Fsp3) is 0.333. The summed E-state index contributed by atoms with van der Waals surface area (Å²) in [6.45, 7) is 4.75. The van der Waals surface area contributed by atoms with Gasteiger partial charge in [0.1, 0.15) is 6.04 Å². The zero-order valence-electron chi connectivity index (χ0n) is 12.0. The molecule has 1 amide bonds. The standard InChI is InChI=1S/C15H17ClN4O/c1-3-6-17-14-11-5-4-10(7-13(11)18-15(14)21)20-8-12(16)9(2)19-20/h4-5,7-8,14,17H,3,6H2,1-2H3,(H,18,21). The van der Waals surface area contributed by atoms with Crippen molar-refractivity contribution < 1.29 is 4.79 Å². The molecule has 0 bridgehead atoms. The number of hydrogen-bond donors (Lipinski definition) is 2. The second kappa shape index (κ2) is 5.50. The van der Waals surface area contributed by atoms with Crippen LogP contribution in [0.5, 0.6) is 0 Å². The van der Waals surface area contributed by atoms with E-state index in [1.165, 1.54) is 0 Å². The van der Waals surface area contributed by atoms with Gasteiger partial charge in [0, 0.05) is 17.4 Å². The van der Waals surface area contributed by atoms with Crippen molar-refractivity contribution >= 4 is 23.2 Å². The van der Waals surface area contributed by atoms with Gasteiger partial charge in [0.15, 0.2) is 0 Å². The van der Waals surface area contributed by atoms with Crippen molar-refractivity contribution in [1.29, 1.82) is 0 Å². The number of rotatable bonds is 4. The minimum Gasteiger partial charge on any atom is -0.324 e. The molecule has 6 heteroatoms. The maximum atomic E-state index is 12.0. The Hall–Kier alpha value is -1.85. The first-order valence-corrected chi connectivity index (χ1v) is 7.38. The fourth-order valence-electron chi connectivity index (χ4n) is 2.46. The third kappa shape index (κ3) is 2.54. The summed E-state index contributed by atoms with van der Waals surface area (Å²) in [7, 11) is 0. The molecular weight excluding hydrogens is 288 g/mol. The summed E-state index contributed by atoms with van der Waals surface area (Å²) >= 11 is 6.04. The molecule has 0 saturated heterocycles. The van der Waals surface area contributed by atoms with Crippen LogP contribution in [0.25, 0.3) is 5.69 Å². The van der Waals surface area contributed by atoms with Crippen LogP contribution in [0, 0.1) is 6.92 Å². The molecule has 0 aliphatic carbocycles. The number of hydrogen-bond acceptors (Lipinski definition) is 3. The minimum atomic E-state index is -0.267. The third-order valence-corrected chi connectivity index (χ3v) is 3.94. The Bertz CT molecular complexity index is 675. The summed E-state index contributed by atoms with van der Waals surface area (Å²) in [5.41, 5.74) is 3.46. The number of carbonyl (C=O) groups excluding carboxylic acids is 1. The molecule has 3 rings (SSSR count). The summed E-state index contributed by atoms with van der Waals surface area (Å²) in [5.74, 6) is -0.00900. The highest BCUT2D eigenvalue weighted by molar-refractivity contribution is 6.31. The highest BCUT2D eigenvalue weighted by Gasteiger charge is 2.30. The molecule has 0 fully saturated rings. The highest BCUT2D eigenvalue weighted by atomic mass is 35.5. The second-order valence-electron chi connectivity index (χ2n) is 5.15. The van der Waals surface area contributed by atoms with Crippen molar-refractivity contribution in [3.63, 3.8) is 0 Å². The number of halogens is 1. The van der Waals surface area contributed by atoms with Crippen molar-refractivity contribution in [2.24, 2.45) is 0 Å². The Kier molecular flexibility index (Phi) is 3.69. The van der Waals surface area contributed by atoms with E-state index in [9.17, 15) is 4.79 Å². The van der Waals surface area contributed by atoms with Crippen molar-refractivity contribution in [2.75, 3.05) is 11.9 Å². The predicted molar refractivity (Wildman–Crippen MR) is 83.0 cm³/mol. The molecule has 21 heavy (non-hydrogen) atoms. The Morgan fingerprint density at radius 1 is 1.48 bits per heavy atom. The molecular formula is C15H17ClN4O. The lowest BCUT2D eigenvalue weighted by atomic mass is 10.1. The van der Waals surface area contributed by atoms with Crippen LogP contribution in [0.15, 0.2) is 24.4 Å². The van der Waals surface area contributed by atoms with Gasteiger partial charge >= 0.3 is 0 Å². The van der Waals surface area contributed by atoms with Crippen molar-refractivity contribution in [1.82, 2.24) is 15.1 Å². The molecule has 1 unspecified atom stereocenters. The number of benzene rings is 1. The van der Waals surface area contributed by atoms with E-state index in [4.69, 9.17) is 11.6 Å². The maximum Gasteiger partial charge on any atom is 0.246 e. The molecule has 5 nitrogen and oxygen atoms in total. The summed E-state index contributed by atoms with van der Waals surface area (Å²) in [6.07, 6.45) is 2.75. The zero-order chi connectivity index (χ0) is 15.0. The van der Waals surface area contributed by atoms with Gasteiger partial charge in [-0.15, -0.1) is 0 Å². The van der Waals surface area contributed by atoms with E-state index in [1.54, 1.807) is 10.9 Å². The molecule has 2 N–H and O–H groups in total. The van der Waals surface area contributed by atoms with Gasteiger partial charge in [-0.1, -0.05) is 24.6 Å². The fourth-order valence-corrected chi connectivity index (χ4v) is 2.59. The van der Waals surface area contributed by atoms with E-state index in [1.807, 2.05) is 25.1 Å². The van der Waals surface area contributed by atoms with Crippen molar-refractivity contribution in [2.45, 2.75) is 26.3 Å². The quantitative estimate of drug-likeness (QED) is 0.913. The van der Waals surface area contributed by atoms with Crippen LogP contribution in [-0.2, 0) is 4.79 Å².